The minimum absolute atomic E-state index is 0.138. The molecule has 1 aliphatic heterocycles. The Morgan fingerprint density at radius 3 is 2.53 bits per heavy atom. The Morgan fingerprint density at radius 2 is 1.84 bits per heavy atom. The maximum absolute atomic E-state index is 13.6. The van der Waals surface area contributed by atoms with E-state index >= 15 is 0 Å². The zero-order valence-corrected chi connectivity index (χ0v) is 17.5. The van der Waals surface area contributed by atoms with Crippen molar-refractivity contribution in [2.75, 3.05) is 9.80 Å². The van der Waals surface area contributed by atoms with Gasteiger partial charge in [0.25, 0.3) is 5.91 Å². The van der Waals surface area contributed by atoms with Crippen LogP contribution in [0.5, 0.6) is 0 Å². The number of thiazole rings is 1. The number of aromatic nitrogens is 1. The molecule has 7 nitrogen and oxygen atoms in total. The number of halogens is 1. The van der Waals surface area contributed by atoms with E-state index < -0.39 is 0 Å². The lowest BCUT2D eigenvalue weighted by atomic mass is 10.1. The Hall–Kier alpha value is -3.85. The molecule has 9 heteroatoms. The van der Waals surface area contributed by atoms with Crippen LogP contribution in [-0.2, 0) is 16.1 Å². The Morgan fingerprint density at radius 1 is 1.09 bits per heavy atom. The number of benzene rings is 2. The lowest BCUT2D eigenvalue weighted by Gasteiger charge is -2.19. The van der Waals surface area contributed by atoms with Crippen molar-refractivity contribution < 1.29 is 23.2 Å². The summed E-state index contributed by atoms with van der Waals surface area (Å²) >= 11 is 1.20. The molecule has 3 amide bonds. The van der Waals surface area contributed by atoms with Crippen LogP contribution in [0.15, 0.2) is 65.3 Å². The molecule has 0 atom stereocenters. The topological polar surface area (TPSA) is 83.7 Å². The second kappa shape index (κ2) is 8.01. The summed E-state index contributed by atoms with van der Waals surface area (Å²) in [5, 5.41) is 0.404. The third-order valence-electron chi connectivity index (χ3n) is 5.13. The summed E-state index contributed by atoms with van der Waals surface area (Å²) in [6.45, 7) is 0.138. The molecule has 4 aromatic rings. The van der Waals surface area contributed by atoms with Crippen molar-refractivity contribution in [3.63, 3.8) is 0 Å². The van der Waals surface area contributed by atoms with Gasteiger partial charge in [0.05, 0.1) is 28.7 Å². The SMILES string of the molecule is O=C(c1ccc(N2C(=O)CCC2=O)cc1)N(Cc1ccco1)c1nc2ccc(F)cc2s1. The molecule has 0 radical (unpaired) electrons. The van der Waals surface area contributed by atoms with Gasteiger partial charge in [0, 0.05) is 18.4 Å². The number of furan rings is 1. The van der Waals surface area contributed by atoms with E-state index in [-0.39, 0.29) is 42.9 Å². The number of carbonyl (C=O) groups is 3. The van der Waals surface area contributed by atoms with E-state index in [1.807, 2.05) is 0 Å². The first-order valence-corrected chi connectivity index (χ1v) is 10.7. The van der Waals surface area contributed by atoms with Crippen molar-refractivity contribution >= 4 is 50.1 Å². The fraction of sp³-hybridized carbons (Fsp3) is 0.130. The van der Waals surface area contributed by atoms with Crippen LogP contribution in [0.1, 0.15) is 29.0 Å². The van der Waals surface area contributed by atoms with Crippen LogP contribution in [0.3, 0.4) is 0 Å². The summed E-state index contributed by atoms with van der Waals surface area (Å²) in [6.07, 6.45) is 1.90. The molecule has 1 saturated heterocycles. The quantitative estimate of drug-likeness (QED) is 0.418. The summed E-state index contributed by atoms with van der Waals surface area (Å²) in [4.78, 5) is 44.4. The van der Waals surface area contributed by atoms with Gasteiger partial charge in [-0.2, -0.15) is 0 Å². The number of hydrogen-bond donors (Lipinski definition) is 0. The smallest absolute Gasteiger partial charge is 0.260 e. The third kappa shape index (κ3) is 3.67. The highest BCUT2D eigenvalue weighted by atomic mass is 32.1. The van der Waals surface area contributed by atoms with Gasteiger partial charge in [-0.05, 0) is 54.6 Å². The number of carbonyl (C=O) groups excluding carboxylic acids is 3. The summed E-state index contributed by atoms with van der Waals surface area (Å²) in [7, 11) is 0. The second-order valence-electron chi connectivity index (χ2n) is 7.25. The highest BCUT2D eigenvalue weighted by molar-refractivity contribution is 7.22. The molecule has 3 heterocycles. The predicted octanol–water partition coefficient (Wildman–Crippen LogP) is 4.53. The van der Waals surface area contributed by atoms with E-state index in [2.05, 4.69) is 4.98 Å². The van der Waals surface area contributed by atoms with Gasteiger partial charge in [-0.1, -0.05) is 11.3 Å². The molecule has 5 rings (SSSR count). The molecule has 0 bridgehead atoms. The van der Waals surface area contributed by atoms with Gasteiger partial charge in [0.1, 0.15) is 11.6 Å². The van der Waals surface area contributed by atoms with Crippen molar-refractivity contribution in [2.24, 2.45) is 0 Å². The fourth-order valence-electron chi connectivity index (χ4n) is 3.56. The molecular weight excluding hydrogens is 433 g/mol. The van der Waals surface area contributed by atoms with Crippen molar-refractivity contribution in [1.82, 2.24) is 4.98 Å². The van der Waals surface area contributed by atoms with E-state index in [9.17, 15) is 18.8 Å². The first-order valence-electron chi connectivity index (χ1n) is 9.86. The first-order chi connectivity index (χ1) is 15.5. The van der Waals surface area contributed by atoms with Gasteiger partial charge in [-0.15, -0.1) is 0 Å². The highest BCUT2D eigenvalue weighted by Gasteiger charge is 2.30. The molecule has 0 spiro atoms. The molecule has 0 saturated carbocycles. The van der Waals surface area contributed by atoms with E-state index in [1.165, 1.54) is 34.6 Å². The van der Waals surface area contributed by atoms with Gasteiger partial charge < -0.3 is 4.42 Å². The van der Waals surface area contributed by atoms with Gasteiger partial charge >= 0.3 is 0 Å². The number of fused-ring (bicyclic) bond motifs is 1. The predicted molar refractivity (Wildman–Crippen MR) is 117 cm³/mol. The van der Waals surface area contributed by atoms with Crippen LogP contribution in [0, 0.1) is 5.82 Å². The molecule has 32 heavy (non-hydrogen) atoms. The van der Waals surface area contributed by atoms with Crippen molar-refractivity contribution in [2.45, 2.75) is 19.4 Å². The lowest BCUT2D eigenvalue weighted by molar-refractivity contribution is -0.121. The average molecular weight is 449 g/mol. The maximum atomic E-state index is 13.6. The van der Waals surface area contributed by atoms with Crippen molar-refractivity contribution in [3.05, 3.63) is 78.0 Å². The minimum atomic E-state index is -0.377. The molecule has 1 fully saturated rings. The number of amides is 3. The first kappa shape index (κ1) is 20.1. The molecule has 1 aliphatic rings. The van der Waals surface area contributed by atoms with Gasteiger partial charge in [0.15, 0.2) is 5.13 Å². The Bertz CT molecular complexity index is 1320. The summed E-state index contributed by atoms with van der Waals surface area (Å²) in [5.74, 6) is -0.663. The van der Waals surface area contributed by atoms with E-state index in [4.69, 9.17) is 4.42 Å². The Kier molecular flexibility index (Phi) is 5.02. The van der Waals surface area contributed by atoms with Crippen LogP contribution in [0.25, 0.3) is 10.2 Å². The fourth-order valence-corrected chi connectivity index (χ4v) is 4.55. The summed E-state index contributed by atoms with van der Waals surface area (Å²) in [5.41, 5.74) is 1.37. The standard InChI is InChI=1S/C23H16FN3O4S/c24-15-5-8-18-19(12-15)32-23(25-18)26(13-17-2-1-11-31-17)22(30)14-3-6-16(7-4-14)27-20(28)9-10-21(27)29/h1-8,11-12H,9-10,13H2. The summed E-state index contributed by atoms with van der Waals surface area (Å²) < 4.78 is 19.7. The monoisotopic (exact) mass is 449 g/mol. The zero-order chi connectivity index (χ0) is 22.2. The molecule has 160 valence electrons. The van der Waals surface area contributed by atoms with E-state index in [1.54, 1.807) is 42.5 Å². The number of hydrogen-bond acceptors (Lipinski definition) is 6. The number of anilines is 2. The number of rotatable bonds is 5. The Balaban J connectivity index is 1.48. The van der Waals surface area contributed by atoms with Gasteiger partial charge in [-0.25, -0.2) is 9.37 Å². The van der Waals surface area contributed by atoms with Crippen LogP contribution in [-0.4, -0.2) is 22.7 Å². The minimum Gasteiger partial charge on any atom is -0.467 e. The normalized spacial score (nSPS) is 13.8. The zero-order valence-electron chi connectivity index (χ0n) is 16.7. The van der Waals surface area contributed by atoms with Crippen LogP contribution < -0.4 is 9.80 Å². The van der Waals surface area contributed by atoms with Crippen LogP contribution in [0.2, 0.25) is 0 Å². The highest BCUT2D eigenvalue weighted by Crippen LogP contribution is 2.32. The van der Waals surface area contributed by atoms with E-state index in [0.29, 0.717) is 32.4 Å². The Labute approximate surface area is 185 Å². The molecule has 2 aromatic carbocycles. The van der Waals surface area contributed by atoms with Crippen LogP contribution in [0.4, 0.5) is 15.2 Å². The van der Waals surface area contributed by atoms with Gasteiger partial charge in [0.2, 0.25) is 11.8 Å². The molecule has 2 aromatic heterocycles. The second-order valence-corrected chi connectivity index (χ2v) is 8.26. The molecule has 0 N–H and O–H groups in total. The largest absolute Gasteiger partial charge is 0.467 e. The lowest BCUT2D eigenvalue weighted by Crippen LogP contribution is -2.31. The number of imide groups is 1. The molecule has 0 unspecified atom stereocenters. The maximum Gasteiger partial charge on any atom is 0.260 e. The van der Waals surface area contributed by atoms with Gasteiger partial charge in [-0.3, -0.25) is 24.2 Å². The molecule has 0 aliphatic carbocycles. The van der Waals surface area contributed by atoms with Crippen molar-refractivity contribution in [1.29, 1.82) is 0 Å². The average Bonchev–Trinajstić information content (AvgIpc) is 3.52. The number of nitrogens with zero attached hydrogens (tertiary/aromatic N) is 3. The van der Waals surface area contributed by atoms with Crippen LogP contribution >= 0.6 is 11.3 Å². The molecular formula is C23H16FN3O4S. The third-order valence-corrected chi connectivity index (χ3v) is 6.17. The van der Waals surface area contributed by atoms with Crippen molar-refractivity contribution in [3.8, 4) is 0 Å². The van der Waals surface area contributed by atoms with E-state index in [0.717, 1.165) is 4.90 Å². The summed E-state index contributed by atoms with van der Waals surface area (Å²) in [6, 6.07) is 14.0.